The highest BCUT2D eigenvalue weighted by Gasteiger charge is 2.06. The molecule has 2 aromatic rings. The Morgan fingerprint density at radius 3 is 2.50 bits per heavy atom. The van der Waals surface area contributed by atoms with Gasteiger partial charge in [0.25, 0.3) is 0 Å². The van der Waals surface area contributed by atoms with Crippen molar-refractivity contribution in [3.63, 3.8) is 0 Å². The fourth-order valence-electron chi connectivity index (χ4n) is 2.35. The Balaban J connectivity index is 1.91. The lowest BCUT2D eigenvalue weighted by Gasteiger charge is -2.13. The number of hydrogen-bond donors (Lipinski definition) is 1. The van der Waals surface area contributed by atoms with Crippen molar-refractivity contribution in [3.05, 3.63) is 59.4 Å². The van der Waals surface area contributed by atoms with E-state index in [1.54, 1.807) is 12.4 Å². The van der Waals surface area contributed by atoms with Crippen molar-refractivity contribution in [2.24, 2.45) is 0 Å². The van der Waals surface area contributed by atoms with Crippen LogP contribution in [0.3, 0.4) is 0 Å². The Kier molecular flexibility index (Phi) is 5.67. The minimum Gasteiger partial charge on any atom is -0.326 e. The topological polar surface area (TPSA) is 45.2 Å². The largest absolute Gasteiger partial charge is 0.326 e. The standard InChI is InChI=1S/C18H23N3O/c1-14-12-16(13-21(2)3)4-6-17(14)20-18(22)7-5-15-8-10-19-11-9-15/h4,6,8-12H,5,7,13H2,1-3H3,(H,20,22). The minimum atomic E-state index is 0.0419. The molecule has 0 fully saturated rings. The summed E-state index contributed by atoms with van der Waals surface area (Å²) in [5, 5.41) is 2.99. The van der Waals surface area contributed by atoms with Crippen LogP contribution in [0.25, 0.3) is 0 Å². The Morgan fingerprint density at radius 2 is 1.86 bits per heavy atom. The summed E-state index contributed by atoms with van der Waals surface area (Å²) in [6, 6.07) is 10.0. The first-order valence-corrected chi connectivity index (χ1v) is 7.47. The Bertz CT molecular complexity index is 623. The lowest BCUT2D eigenvalue weighted by atomic mass is 10.1. The van der Waals surface area contributed by atoms with Crippen LogP contribution in [-0.4, -0.2) is 29.9 Å². The molecule has 0 aliphatic heterocycles. The van der Waals surface area contributed by atoms with Crippen molar-refractivity contribution in [2.75, 3.05) is 19.4 Å². The number of carbonyl (C=O) groups excluding carboxylic acids is 1. The van der Waals surface area contributed by atoms with Crippen molar-refractivity contribution in [2.45, 2.75) is 26.3 Å². The number of hydrogen-bond acceptors (Lipinski definition) is 3. The van der Waals surface area contributed by atoms with E-state index >= 15 is 0 Å². The van der Waals surface area contributed by atoms with Gasteiger partial charge in [0.2, 0.25) is 5.91 Å². The normalized spacial score (nSPS) is 10.7. The number of aryl methyl sites for hydroxylation is 2. The molecule has 0 saturated heterocycles. The first-order chi connectivity index (χ1) is 10.5. The Morgan fingerprint density at radius 1 is 1.14 bits per heavy atom. The molecule has 4 heteroatoms. The number of carbonyl (C=O) groups is 1. The molecule has 4 nitrogen and oxygen atoms in total. The van der Waals surface area contributed by atoms with Crippen molar-refractivity contribution in [3.8, 4) is 0 Å². The van der Waals surface area contributed by atoms with Gasteiger partial charge in [-0.05, 0) is 62.3 Å². The monoisotopic (exact) mass is 297 g/mol. The van der Waals surface area contributed by atoms with Crippen molar-refractivity contribution in [1.82, 2.24) is 9.88 Å². The highest BCUT2D eigenvalue weighted by Crippen LogP contribution is 2.17. The van der Waals surface area contributed by atoms with Crippen LogP contribution in [0.4, 0.5) is 5.69 Å². The molecule has 0 aliphatic carbocycles. The van der Waals surface area contributed by atoms with Gasteiger partial charge >= 0.3 is 0 Å². The van der Waals surface area contributed by atoms with Gasteiger partial charge in [0.05, 0.1) is 0 Å². The van der Waals surface area contributed by atoms with Gasteiger partial charge in [-0.1, -0.05) is 12.1 Å². The number of nitrogens with zero attached hydrogens (tertiary/aromatic N) is 2. The lowest BCUT2D eigenvalue weighted by Crippen LogP contribution is -2.14. The maximum atomic E-state index is 12.1. The van der Waals surface area contributed by atoms with Crippen LogP contribution in [-0.2, 0) is 17.8 Å². The smallest absolute Gasteiger partial charge is 0.224 e. The molecule has 0 unspecified atom stereocenters. The molecule has 22 heavy (non-hydrogen) atoms. The SMILES string of the molecule is Cc1cc(CN(C)C)ccc1NC(=O)CCc1ccncc1. The molecule has 1 N–H and O–H groups in total. The summed E-state index contributed by atoms with van der Waals surface area (Å²) in [5.41, 5.74) is 4.36. The van der Waals surface area contributed by atoms with Crippen molar-refractivity contribution < 1.29 is 4.79 Å². The van der Waals surface area contributed by atoms with Crippen molar-refractivity contribution in [1.29, 1.82) is 0 Å². The quantitative estimate of drug-likeness (QED) is 0.891. The summed E-state index contributed by atoms with van der Waals surface area (Å²) in [6.07, 6.45) is 4.71. The van der Waals surface area contributed by atoms with E-state index in [0.29, 0.717) is 6.42 Å². The van der Waals surface area contributed by atoms with Crippen molar-refractivity contribution >= 4 is 11.6 Å². The van der Waals surface area contributed by atoms with E-state index in [1.165, 1.54) is 5.56 Å². The zero-order valence-corrected chi connectivity index (χ0v) is 13.5. The van der Waals surface area contributed by atoms with Gasteiger partial charge in [0, 0.05) is 31.0 Å². The predicted octanol–water partition coefficient (Wildman–Crippen LogP) is 3.02. The summed E-state index contributed by atoms with van der Waals surface area (Å²) in [6.45, 7) is 2.93. The molecule has 0 atom stereocenters. The molecule has 0 spiro atoms. The number of pyridine rings is 1. The molecule has 0 saturated carbocycles. The highest BCUT2D eigenvalue weighted by atomic mass is 16.1. The molecule has 0 bridgehead atoms. The van der Waals surface area contributed by atoms with E-state index in [1.807, 2.05) is 39.2 Å². The second-order valence-corrected chi connectivity index (χ2v) is 5.79. The zero-order valence-electron chi connectivity index (χ0n) is 13.5. The van der Waals surface area contributed by atoms with E-state index in [2.05, 4.69) is 27.3 Å². The third-order valence-electron chi connectivity index (χ3n) is 3.45. The van der Waals surface area contributed by atoms with E-state index in [9.17, 15) is 4.79 Å². The summed E-state index contributed by atoms with van der Waals surface area (Å²) in [4.78, 5) is 18.2. The maximum Gasteiger partial charge on any atom is 0.224 e. The number of anilines is 1. The van der Waals surface area contributed by atoms with Gasteiger partial charge in [-0.25, -0.2) is 0 Å². The summed E-state index contributed by atoms with van der Waals surface area (Å²) in [7, 11) is 4.09. The molecule has 1 heterocycles. The third-order valence-corrected chi connectivity index (χ3v) is 3.45. The van der Waals surface area contributed by atoms with Gasteiger partial charge in [0.15, 0.2) is 0 Å². The average molecular weight is 297 g/mol. The van der Waals surface area contributed by atoms with Crippen LogP contribution in [0.2, 0.25) is 0 Å². The second kappa shape index (κ2) is 7.71. The Labute approximate surface area is 132 Å². The molecule has 1 aromatic heterocycles. The van der Waals surface area contributed by atoms with E-state index in [0.717, 1.165) is 29.8 Å². The van der Waals surface area contributed by atoms with E-state index < -0.39 is 0 Å². The average Bonchev–Trinajstić information content (AvgIpc) is 2.48. The lowest BCUT2D eigenvalue weighted by molar-refractivity contribution is -0.116. The molecule has 0 aliphatic rings. The van der Waals surface area contributed by atoms with Crippen LogP contribution in [0.1, 0.15) is 23.1 Å². The Hall–Kier alpha value is -2.20. The summed E-state index contributed by atoms with van der Waals surface area (Å²) in [5.74, 6) is 0.0419. The van der Waals surface area contributed by atoms with Crippen LogP contribution in [0.15, 0.2) is 42.7 Å². The molecular formula is C18H23N3O. The van der Waals surface area contributed by atoms with Gasteiger partial charge < -0.3 is 10.2 Å². The fraction of sp³-hybridized carbons (Fsp3) is 0.333. The predicted molar refractivity (Wildman–Crippen MR) is 89.8 cm³/mol. The molecule has 0 radical (unpaired) electrons. The molecule has 1 aromatic carbocycles. The number of nitrogens with one attached hydrogen (secondary N) is 1. The maximum absolute atomic E-state index is 12.1. The van der Waals surface area contributed by atoms with Crippen LogP contribution < -0.4 is 5.32 Å². The number of rotatable bonds is 6. The molecule has 116 valence electrons. The first kappa shape index (κ1) is 16.2. The highest BCUT2D eigenvalue weighted by molar-refractivity contribution is 5.91. The van der Waals surface area contributed by atoms with Crippen LogP contribution in [0, 0.1) is 6.92 Å². The third kappa shape index (κ3) is 4.97. The van der Waals surface area contributed by atoms with Gasteiger partial charge in [-0.3, -0.25) is 9.78 Å². The van der Waals surface area contributed by atoms with Gasteiger partial charge in [0.1, 0.15) is 0 Å². The zero-order chi connectivity index (χ0) is 15.9. The molecule has 2 rings (SSSR count). The number of benzene rings is 1. The van der Waals surface area contributed by atoms with E-state index in [4.69, 9.17) is 0 Å². The summed E-state index contributed by atoms with van der Waals surface area (Å²) >= 11 is 0. The number of aromatic nitrogens is 1. The summed E-state index contributed by atoms with van der Waals surface area (Å²) < 4.78 is 0. The molecular weight excluding hydrogens is 274 g/mol. The minimum absolute atomic E-state index is 0.0419. The molecule has 1 amide bonds. The van der Waals surface area contributed by atoms with Crippen LogP contribution >= 0.6 is 0 Å². The van der Waals surface area contributed by atoms with Gasteiger partial charge in [-0.2, -0.15) is 0 Å². The fourth-order valence-corrected chi connectivity index (χ4v) is 2.35. The van der Waals surface area contributed by atoms with Gasteiger partial charge in [-0.15, -0.1) is 0 Å². The number of amides is 1. The first-order valence-electron chi connectivity index (χ1n) is 7.47. The van der Waals surface area contributed by atoms with Crippen LogP contribution in [0.5, 0.6) is 0 Å². The second-order valence-electron chi connectivity index (χ2n) is 5.79. The van der Waals surface area contributed by atoms with E-state index in [-0.39, 0.29) is 5.91 Å².